The van der Waals surface area contributed by atoms with Crippen LogP contribution in [0.3, 0.4) is 0 Å². The first-order valence-electron chi connectivity index (χ1n) is 8.80. The summed E-state index contributed by atoms with van der Waals surface area (Å²) in [6.07, 6.45) is -2.12. The van der Waals surface area contributed by atoms with Crippen molar-refractivity contribution in [3.8, 4) is 0 Å². The predicted octanol–water partition coefficient (Wildman–Crippen LogP) is 3.68. The van der Waals surface area contributed by atoms with Crippen molar-refractivity contribution in [3.63, 3.8) is 0 Å². The normalized spacial score (nSPS) is 16.5. The molecule has 11 heteroatoms. The van der Waals surface area contributed by atoms with Gasteiger partial charge in [0, 0.05) is 18.8 Å². The predicted molar refractivity (Wildman–Crippen MR) is 101 cm³/mol. The molecular formula is C18H19F3N2O4S2. The summed E-state index contributed by atoms with van der Waals surface area (Å²) < 4.78 is 92.0. The molecule has 0 saturated carbocycles. The van der Waals surface area contributed by atoms with Crippen molar-refractivity contribution in [2.75, 3.05) is 17.8 Å². The number of alkyl halides is 3. The third kappa shape index (κ3) is 4.90. The molecule has 1 aliphatic heterocycles. The zero-order valence-electron chi connectivity index (χ0n) is 15.2. The van der Waals surface area contributed by atoms with E-state index in [1.54, 1.807) is 0 Å². The van der Waals surface area contributed by atoms with Crippen molar-refractivity contribution in [2.45, 2.75) is 35.2 Å². The van der Waals surface area contributed by atoms with Crippen molar-refractivity contribution in [3.05, 3.63) is 54.1 Å². The summed E-state index contributed by atoms with van der Waals surface area (Å²) in [6.45, 7) is 0.874. The zero-order valence-corrected chi connectivity index (χ0v) is 16.8. The van der Waals surface area contributed by atoms with Crippen LogP contribution < -0.4 is 4.72 Å². The van der Waals surface area contributed by atoms with Crippen LogP contribution in [0.15, 0.2) is 58.3 Å². The van der Waals surface area contributed by atoms with E-state index in [-0.39, 0.29) is 10.6 Å². The summed E-state index contributed by atoms with van der Waals surface area (Å²) in [7, 11) is -7.94. The van der Waals surface area contributed by atoms with Gasteiger partial charge in [0.1, 0.15) is 0 Å². The van der Waals surface area contributed by atoms with E-state index in [9.17, 15) is 30.0 Å². The van der Waals surface area contributed by atoms with Crippen molar-refractivity contribution in [1.29, 1.82) is 0 Å². The SMILES string of the molecule is O=S(=O)(Nc1ccc(S(=O)(=O)N2CCCCC2)cc1)c1cccc(C(F)(F)F)c1. The highest BCUT2D eigenvalue weighted by Gasteiger charge is 2.32. The first kappa shape index (κ1) is 21.6. The van der Waals surface area contributed by atoms with Gasteiger partial charge in [0.15, 0.2) is 0 Å². The molecule has 0 atom stereocenters. The van der Waals surface area contributed by atoms with Crippen LogP contribution in [-0.2, 0) is 26.2 Å². The number of piperidine rings is 1. The summed E-state index contributed by atoms with van der Waals surface area (Å²) in [4.78, 5) is -0.515. The average molecular weight is 448 g/mol. The monoisotopic (exact) mass is 448 g/mol. The molecule has 1 fully saturated rings. The molecule has 0 bridgehead atoms. The van der Waals surface area contributed by atoms with Gasteiger partial charge in [0.2, 0.25) is 10.0 Å². The second kappa shape index (κ2) is 7.96. The van der Waals surface area contributed by atoms with E-state index in [1.165, 1.54) is 28.6 Å². The lowest BCUT2D eigenvalue weighted by Gasteiger charge is -2.25. The Morgan fingerprint density at radius 1 is 0.828 bits per heavy atom. The topological polar surface area (TPSA) is 83.5 Å². The summed E-state index contributed by atoms with van der Waals surface area (Å²) in [5.41, 5.74) is -1.04. The molecule has 1 saturated heterocycles. The standard InChI is InChI=1S/C18H19F3N2O4S2/c19-18(20,21)14-5-4-6-17(13-14)28(24,25)22-15-7-9-16(10-8-15)29(26,27)23-11-2-1-3-12-23/h4-10,13,22H,1-3,11-12H2. The lowest BCUT2D eigenvalue weighted by molar-refractivity contribution is -0.137. The van der Waals surface area contributed by atoms with Gasteiger partial charge < -0.3 is 0 Å². The fraction of sp³-hybridized carbons (Fsp3) is 0.333. The molecule has 0 unspecified atom stereocenters. The lowest BCUT2D eigenvalue weighted by atomic mass is 10.2. The van der Waals surface area contributed by atoms with Gasteiger partial charge in [0.05, 0.1) is 15.4 Å². The minimum atomic E-state index is -4.67. The van der Waals surface area contributed by atoms with Crippen LogP contribution in [-0.4, -0.2) is 34.2 Å². The third-order valence-corrected chi connectivity index (χ3v) is 7.82. The van der Waals surface area contributed by atoms with Gasteiger partial charge in [-0.15, -0.1) is 0 Å². The second-order valence-electron chi connectivity index (χ2n) is 6.62. The molecule has 2 aromatic rings. The Morgan fingerprint density at radius 2 is 1.45 bits per heavy atom. The Labute approximate surface area is 167 Å². The summed E-state index contributed by atoms with van der Waals surface area (Å²) >= 11 is 0. The molecule has 0 spiro atoms. The van der Waals surface area contributed by atoms with Gasteiger partial charge in [-0.1, -0.05) is 12.5 Å². The van der Waals surface area contributed by atoms with E-state index in [0.29, 0.717) is 19.2 Å². The Balaban J connectivity index is 1.80. The summed E-state index contributed by atoms with van der Waals surface area (Å²) in [5.74, 6) is 0. The minimum absolute atomic E-state index is 0.0291. The Hall–Kier alpha value is -2.11. The second-order valence-corrected chi connectivity index (χ2v) is 10.2. The van der Waals surface area contributed by atoms with Crippen LogP contribution in [0.1, 0.15) is 24.8 Å². The maximum Gasteiger partial charge on any atom is 0.416 e. The van der Waals surface area contributed by atoms with Crippen LogP contribution in [0.4, 0.5) is 18.9 Å². The largest absolute Gasteiger partial charge is 0.416 e. The van der Waals surface area contributed by atoms with Crippen molar-refractivity contribution >= 4 is 25.7 Å². The number of nitrogens with zero attached hydrogens (tertiary/aromatic N) is 1. The molecule has 1 N–H and O–H groups in total. The number of halogens is 3. The first-order valence-corrected chi connectivity index (χ1v) is 11.7. The highest BCUT2D eigenvalue weighted by molar-refractivity contribution is 7.92. The number of hydrogen-bond acceptors (Lipinski definition) is 4. The van der Waals surface area contributed by atoms with E-state index < -0.39 is 36.7 Å². The highest BCUT2D eigenvalue weighted by atomic mass is 32.2. The maximum absolute atomic E-state index is 12.8. The van der Waals surface area contributed by atoms with E-state index in [2.05, 4.69) is 4.72 Å². The van der Waals surface area contributed by atoms with Gasteiger partial charge in [-0.05, 0) is 55.3 Å². The summed E-state index contributed by atoms with van der Waals surface area (Å²) in [6, 6.07) is 8.45. The molecule has 1 heterocycles. The van der Waals surface area contributed by atoms with Crippen LogP contribution in [0.5, 0.6) is 0 Å². The van der Waals surface area contributed by atoms with Gasteiger partial charge in [0.25, 0.3) is 10.0 Å². The molecule has 0 radical (unpaired) electrons. The van der Waals surface area contributed by atoms with Crippen molar-refractivity contribution < 1.29 is 30.0 Å². The smallest absolute Gasteiger partial charge is 0.280 e. The molecule has 29 heavy (non-hydrogen) atoms. The third-order valence-electron chi connectivity index (χ3n) is 4.53. The summed E-state index contributed by atoms with van der Waals surface area (Å²) in [5, 5.41) is 0. The molecular weight excluding hydrogens is 429 g/mol. The lowest BCUT2D eigenvalue weighted by Crippen LogP contribution is -2.35. The van der Waals surface area contributed by atoms with Gasteiger partial charge in [-0.3, -0.25) is 4.72 Å². The number of nitrogens with one attached hydrogen (secondary N) is 1. The molecule has 0 amide bonds. The van der Waals surface area contributed by atoms with Gasteiger partial charge >= 0.3 is 6.18 Å². The molecule has 6 nitrogen and oxygen atoms in total. The average Bonchev–Trinajstić information content (AvgIpc) is 2.68. The molecule has 2 aromatic carbocycles. The highest BCUT2D eigenvalue weighted by Crippen LogP contribution is 2.31. The number of sulfonamides is 2. The van der Waals surface area contributed by atoms with Crippen molar-refractivity contribution in [2.24, 2.45) is 0 Å². The number of anilines is 1. The molecule has 1 aliphatic rings. The first-order chi connectivity index (χ1) is 13.5. The van der Waals surface area contributed by atoms with E-state index in [0.717, 1.165) is 37.5 Å². The fourth-order valence-corrected chi connectivity index (χ4v) is 5.62. The molecule has 3 rings (SSSR count). The fourth-order valence-electron chi connectivity index (χ4n) is 3.00. The quantitative estimate of drug-likeness (QED) is 0.756. The van der Waals surface area contributed by atoms with E-state index >= 15 is 0 Å². The van der Waals surface area contributed by atoms with Crippen LogP contribution in [0, 0.1) is 0 Å². The Kier molecular flexibility index (Phi) is 5.93. The Morgan fingerprint density at radius 3 is 2.03 bits per heavy atom. The van der Waals surface area contributed by atoms with Gasteiger partial charge in [-0.2, -0.15) is 17.5 Å². The zero-order chi connectivity index (χ0) is 21.3. The number of rotatable bonds is 5. The van der Waals surface area contributed by atoms with E-state index in [1.807, 2.05) is 0 Å². The maximum atomic E-state index is 12.8. The van der Waals surface area contributed by atoms with Crippen LogP contribution in [0.2, 0.25) is 0 Å². The minimum Gasteiger partial charge on any atom is -0.280 e. The molecule has 0 aromatic heterocycles. The van der Waals surface area contributed by atoms with Crippen LogP contribution in [0.25, 0.3) is 0 Å². The number of hydrogen-bond donors (Lipinski definition) is 1. The van der Waals surface area contributed by atoms with E-state index in [4.69, 9.17) is 0 Å². The van der Waals surface area contributed by atoms with Gasteiger partial charge in [-0.25, -0.2) is 16.8 Å². The van der Waals surface area contributed by atoms with Crippen LogP contribution >= 0.6 is 0 Å². The number of benzene rings is 2. The molecule has 158 valence electrons. The molecule has 0 aliphatic carbocycles. The van der Waals surface area contributed by atoms with Crippen molar-refractivity contribution in [1.82, 2.24) is 4.31 Å². The Bertz CT molecular complexity index is 1080.